The third-order valence-corrected chi connectivity index (χ3v) is 3.85. The van der Waals surface area contributed by atoms with Crippen LogP contribution in [-0.4, -0.2) is 22.6 Å². The Bertz CT molecular complexity index is 671. The van der Waals surface area contributed by atoms with Crippen LogP contribution in [0.4, 0.5) is 4.39 Å². The number of rotatable bonds is 5. The number of carboxylic acids is 1. The van der Waals surface area contributed by atoms with Crippen molar-refractivity contribution < 1.29 is 19.5 Å². The Kier molecular flexibility index (Phi) is 4.94. The summed E-state index contributed by atoms with van der Waals surface area (Å²) in [7, 11) is 0. The summed E-state index contributed by atoms with van der Waals surface area (Å²) < 4.78 is 12.9. The second-order valence-electron chi connectivity index (χ2n) is 4.13. The number of aromatic carboxylic acids is 1. The van der Waals surface area contributed by atoms with Crippen molar-refractivity contribution in [3.8, 4) is 0 Å². The molecule has 0 aliphatic rings. The summed E-state index contributed by atoms with van der Waals surface area (Å²) in [6.45, 7) is 0. The number of carboxylic acid groups (broad SMARTS) is 1. The van der Waals surface area contributed by atoms with Gasteiger partial charge in [-0.15, -0.1) is 11.8 Å². The maximum Gasteiger partial charge on any atom is 0.123 e. The number of carbonyl (C=O) groups is 1. The highest BCUT2D eigenvalue weighted by Gasteiger charge is 2.09. The van der Waals surface area contributed by atoms with Crippen LogP contribution < -0.4 is 5.11 Å². The largest absolute Gasteiger partial charge is 0.545 e. The van der Waals surface area contributed by atoms with Crippen molar-refractivity contribution in [1.82, 2.24) is 0 Å². The minimum absolute atomic E-state index is 0.0823. The molecule has 4 nitrogen and oxygen atoms in total. The van der Waals surface area contributed by atoms with Crippen LogP contribution in [0.15, 0.2) is 58.6 Å². The van der Waals surface area contributed by atoms with Gasteiger partial charge in [0.2, 0.25) is 0 Å². The molecule has 0 aliphatic carbocycles. The maximum absolute atomic E-state index is 12.9. The van der Waals surface area contributed by atoms with Gasteiger partial charge in [-0.05, 0) is 18.2 Å². The fourth-order valence-corrected chi connectivity index (χ4v) is 2.72. The molecule has 0 bridgehead atoms. The Labute approximate surface area is 124 Å². The molecule has 0 atom stereocenters. The van der Waals surface area contributed by atoms with Crippen molar-refractivity contribution in [3.05, 3.63) is 65.5 Å². The molecule has 0 radical (unpaired) electrons. The smallest absolute Gasteiger partial charge is 0.123 e. The summed E-state index contributed by atoms with van der Waals surface area (Å²) in [5.74, 6) is -1.40. The number of thioether (sulfide) groups is 1. The number of carbonyl (C=O) groups excluding carboxylic acids is 1. The van der Waals surface area contributed by atoms with E-state index >= 15 is 0 Å². The first-order valence-electron chi connectivity index (χ1n) is 6.02. The molecule has 0 heterocycles. The van der Waals surface area contributed by atoms with Crippen molar-refractivity contribution in [1.29, 1.82) is 0 Å². The van der Waals surface area contributed by atoms with E-state index in [-0.39, 0.29) is 17.1 Å². The molecule has 0 aromatic heterocycles. The Morgan fingerprint density at radius 2 is 1.86 bits per heavy atom. The molecule has 21 heavy (non-hydrogen) atoms. The van der Waals surface area contributed by atoms with E-state index in [1.54, 1.807) is 18.2 Å². The lowest BCUT2D eigenvalue weighted by atomic mass is 10.1. The lowest BCUT2D eigenvalue weighted by Crippen LogP contribution is -2.23. The van der Waals surface area contributed by atoms with Gasteiger partial charge in [0.15, 0.2) is 0 Å². The molecule has 2 rings (SSSR count). The molecule has 0 saturated heterocycles. The zero-order valence-electron chi connectivity index (χ0n) is 10.8. The zero-order valence-corrected chi connectivity index (χ0v) is 11.6. The van der Waals surface area contributed by atoms with Gasteiger partial charge < -0.3 is 15.1 Å². The highest BCUT2D eigenvalue weighted by Crippen LogP contribution is 2.23. The second kappa shape index (κ2) is 6.90. The van der Waals surface area contributed by atoms with E-state index in [1.807, 2.05) is 0 Å². The Morgan fingerprint density at radius 3 is 2.48 bits per heavy atom. The van der Waals surface area contributed by atoms with Gasteiger partial charge in [0.05, 0.1) is 11.7 Å². The molecule has 2 aromatic carbocycles. The van der Waals surface area contributed by atoms with Crippen molar-refractivity contribution >= 4 is 23.4 Å². The molecular formula is C15H11FNO3S-. The summed E-state index contributed by atoms with van der Waals surface area (Å²) in [6.07, 6.45) is 0. The number of nitrogens with zero attached hydrogens (tertiary/aromatic N) is 1. The molecule has 0 unspecified atom stereocenters. The van der Waals surface area contributed by atoms with E-state index in [1.165, 1.54) is 42.1 Å². The van der Waals surface area contributed by atoms with Crippen LogP contribution in [0.25, 0.3) is 0 Å². The Morgan fingerprint density at radius 1 is 1.19 bits per heavy atom. The number of oxime groups is 1. The normalized spacial score (nSPS) is 11.4. The van der Waals surface area contributed by atoms with Crippen molar-refractivity contribution in [2.45, 2.75) is 4.90 Å². The van der Waals surface area contributed by atoms with Gasteiger partial charge >= 0.3 is 0 Å². The van der Waals surface area contributed by atoms with Crippen LogP contribution in [0.3, 0.4) is 0 Å². The summed E-state index contributed by atoms with van der Waals surface area (Å²) in [5.41, 5.74) is 0.976. The van der Waals surface area contributed by atoms with Gasteiger partial charge in [0.25, 0.3) is 0 Å². The van der Waals surface area contributed by atoms with Gasteiger partial charge in [0, 0.05) is 21.8 Å². The van der Waals surface area contributed by atoms with Gasteiger partial charge in [-0.3, -0.25) is 0 Å². The molecule has 0 aliphatic heterocycles. The first kappa shape index (κ1) is 15.1. The van der Waals surface area contributed by atoms with Gasteiger partial charge in [-0.2, -0.15) is 0 Å². The van der Waals surface area contributed by atoms with E-state index in [2.05, 4.69) is 5.16 Å². The standard InChI is InChI=1S/C15H12FNO3S/c16-11-7-5-10(6-8-11)13(17-20)9-21-14-4-2-1-3-12(14)15(18)19/h1-8,20H,9H2,(H,18,19)/p-1/b17-13-. The molecule has 0 saturated carbocycles. The quantitative estimate of drug-likeness (QED) is 0.397. The van der Waals surface area contributed by atoms with Crippen LogP contribution in [0, 0.1) is 5.82 Å². The van der Waals surface area contributed by atoms with E-state index < -0.39 is 5.97 Å². The maximum atomic E-state index is 12.9. The van der Waals surface area contributed by atoms with Crippen LogP contribution in [-0.2, 0) is 0 Å². The molecule has 1 N–H and O–H groups in total. The number of benzene rings is 2. The monoisotopic (exact) mass is 304 g/mol. The average Bonchev–Trinajstić information content (AvgIpc) is 2.50. The lowest BCUT2D eigenvalue weighted by Gasteiger charge is -2.10. The number of halogens is 1. The molecule has 108 valence electrons. The van der Waals surface area contributed by atoms with Crippen LogP contribution in [0.1, 0.15) is 15.9 Å². The summed E-state index contributed by atoms with van der Waals surface area (Å²) in [6, 6.07) is 11.9. The highest BCUT2D eigenvalue weighted by molar-refractivity contribution is 8.00. The van der Waals surface area contributed by atoms with Gasteiger partial charge in [-0.25, -0.2) is 4.39 Å². The van der Waals surface area contributed by atoms with Crippen molar-refractivity contribution in [2.24, 2.45) is 5.16 Å². The number of hydrogen-bond acceptors (Lipinski definition) is 5. The third-order valence-electron chi connectivity index (χ3n) is 2.77. The summed E-state index contributed by atoms with van der Waals surface area (Å²) in [4.78, 5) is 11.5. The molecular weight excluding hydrogens is 293 g/mol. The van der Waals surface area contributed by atoms with Crippen LogP contribution in [0.2, 0.25) is 0 Å². The van der Waals surface area contributed by atoms with E-state index in [4.69, 9.17) is 5.21 Å². The second-order valence-corrected chi connectivity index (χ2v) is 5.14. The predicted molar refractivity (Wildman–Crippen MR) is 76.2 cm³/mol. The first-order valence-corrected chi connectivity index (χ1v) is 7.00. The molecule has 0 spiro atoms. The van der Waals surface area contributed by atoms with E-state index in [9.17, 15) is 14.3 Å². The summed E-state index contributed by atoms with van der Waals surface area (Å²) in [5, 5.41) is 23.2. The molecule has 6 heteroatoms. The van der Waals surface area contributed by atoms with Gasteiger partial charge in [0.1, 0.15) is 5.82 Å². The SMILES string of the molecule is O=C([O-])c1ccccc1SC/C(=N/O)c1ccc(F)cc1. The van der Waals surface area contributed by atoms with E-state index in [0.29, 0.717) is 16.2 Å². The molecule has 0 amide bonds. The predicted octanol–water partition coefficient (Wildman–Crippen LogP) is 2.16. The Hall–Kier alpha value is -2.34. The third kappa shape index (κ3) is 3.82. The topological polar surface area (TPSA) is 72.7 Å². The lowest BCUT2D eigenvalue weighted by molar-refractivity contribution is -0.255. The van der Waals surface area contributed by atoms with Crippen LogP contribution >= 0.6 is 11.8 Å². The van der Waals surface area contributed by atoms with Crippen molar-refractivity contribution in [2.75, 3.05) is 5.75 Å². The fourth-order valence-electron chi connectivity index (χ4n) is 1.72. The van der Waals surface area contributed by atoms with Gasteiger partial charge in [-0.1, -0.05) is 35.5 Å². The minimum atomic E-state index is -1.26. The molecule has 2 aromatic rings. The Balaban J connectivity index is 2.15. The first-order chi connectivity index (χ1) is 10.1. The molecule has 0 fully saturated rings. The minimum Gasteiger partial charge on any atom is -0.545 e. The summed E-state index contributed by atoms with van der Waals surface area (Å²) >= 11 is 1.20. The average molecular weight is 304 g/mol. The van der Waals surface area contributed by atoms with Crippen molar-refractivity contribution in [3.63, 3.8) is 0 Å². The zero-order chi connectivity index (χ0) is 15.2. The fraction of sp³-hybridized carbons (Fsp3) is 0.0667. The van der Waals surface area contributed by atoms with Crippen LogP contribution in [0.5, 0.6) is 0 Å². The van der Waals surface area contributed by atoms with E-state index in [0.717, 1.165) is 0 Å². The highest BCUT2D eigenvalue weighted by atomic mass is 32.2. The number of hydrogen-bond donors (Lipinski definition) is 1.